The molecule has 0 atom stereocenters. The molecule has 0 saturated heterocycles. The van der Waals surface area contributed by atoms with Crippen molar-refractivity contribution in [2.45, 2.75) is 31.6 Å². The molecule has 0 saturated carbocycles. The average Bonchev–Trinajstić information content (AvgIpc) is 3.28. The van der Waals surface area contributed by atoms with Gasteiger partial charge in [0.25, 0.3) is 0 Å². The summed E-state index contributed by atoms with van der Waals surface area (Å²) in [6, 6.07) is 11.8. The first kappa shape index (κ1) is 18.9. The number of aromatic nitrogens is 5. The number of carbonyl (C=O) groups is 1. The summed E-state index contributed by atoms with van der Waals surface area (Å²) in [5.74, 6) is 1.56. The molecule has 8 heteroatoms. The van der Waals surface area contributed by atoms with E-state index in [1.54, 1.807) is 23.0 Å². The van der Waals surface area contributed by atoms with Crippen LogP contribution in [0.5, 0.6) is 0 Å². The fourth-order valence-electron chi connectivity index (χ4n) is 2.62. The minimum absolute atomic E-state index is 0.114. The van der Waals surface area contributed by atoms with Crippen LogP contribution in [0.2, 0.25) is 0 Å². The second kappa shape index (κ2) is 8.68. The standard InChI is InChI=1S/C19H22N6OS/c1-4-12-24-18(15-8-6-5-7-9-15)22-23-19(24)27-13-17(26)21-16-10-11-20-25(16)14(2)3/h4-11,14H,1,12-13H2,2-3H3,(H,21,26). The molecular weight excluding hydrogens is 360 g/mol. The van der Waals surface area contributed by atoms with Crippen LogP contribution in [0.15, 0.2) is 60.4 Å². The van der Waals surface area contributed by atoms with E-state index in [9.17, 15) is 4.79 Å². The lowest BCUT2D eigenvalue weighted by Crippen LogP contribution is -2.18. The highest BCUT2D eigenvalue weighted by Gasteiger charge is 2.15. The molecular formula is C19H22N6OS. The minimum atomic E-state index is -0.114. The Labute approximate surface area is 162 Å². The van der Waals surface area contributed by atoms with Crippen LogP contribution in [0.1, 0.15) is 19.9 Å². The van der Waals surface area contributed by atoms with Gasteiger partial charge in [-0.05, 0) is 13.8 Å². The summed E-state index contributed by atoms with van der Waals surface area (Å²) in [5, 5.41) is 16.3. The van der Waals surface area contributed by atoms with Crippen LogP contribution in [-0.4, -0.2) is 36.2 Å². The van der Waals surface area contributed by atoms with Crippen molar-refractivity contribution in [2.75, 3.05) is 11.1 Å². The van der Waals surface area contributed by atoms with Gasteiger partial charge in [-0.15, -0.1) is 16.8 Å². The van der Waals surface area contributed by atoms with Gasteiger partial charge in [0.15, 0.2) is 11.0 Å². The number of hydrogen-bond acceptors (Lipinski definition) is 5. The molecule has 1 amide bonds. The van der Waals surface area contributed by atoms with Crippen molar-refractivity contribution in [3.05, 3.63) is 55.3 Å². The average molecular weight is 382 g/mol. The number of anilines is 1. The highest BCUT2D eigenvalue weighted by molar-refractivity contribution is 7.99. The Hall–Kier alpha value is -2.87. The molecule has 0 unspecified atom stereocenters. The largest absolute Gasteiger partial charge is 0.310 e. The quantitative estimate of drug-likeness (QED) is 0.475. The van der Waals surface area contributed by atoms with Crippen molar-refractivity contribution < 1.29 is 4.79 Å². The van der Waals surface area contributed by atoms with Crippen LogP contribution in [-0.2, 0) is 11.3 Å². The summed E-state index contributed by atoms with van der Waals surface area (Å²) in [7, 11) is 0. The van der Waals surface area contributed by atoms with E-state index >= 15 is 0 Å². The summed E-state index contributed by atoms with van der Waals surface area (Å²) in [4.78, 5) is 12.4. The summed E-state index contributed by atoms with van der Waals surface area (Å²) in [5.41, 5.74) is 0.976. The van der Waals surface area contributed by atoms with Crippen molar-refractivity contribution in [3.63, 3.8) is 0 Å². The van der Waals surface area contributed by atoms with E-state index in [1.165, 1.54) is 11.8 Å². The fraction of sp³-hybridized carbons (Fsp3) is 0.263. The number of nitrogens with one attached hydrogen (secondary N) is 1. The summed E-state index contributed by atoms with van der Waals surface area (Å²) in [6.07, 6.45) is 3.47. The van der Waals surface area contributed by atoms with Gasteiger partial charge in [-0.3, -0.25) is 9.36 Å². The van der Waals surface area contributed by atoms with E-state index in [0.29, 0.717) is 17.5 Å². The van der Waals surface area contributed by atoms with Crippen molar-refractivity contribution in [1.82, 2.24) is 24.5 Å². The van der Waals surface area contributed by atoms with Crippen molar-refractivity contribution in [1.29, 1.82) is 0 Å². The maximum Gasteiger partial charge on any atom is 0.235 e. The third kappa shape index (κ3) is 4.46. The Bertz CT molecular complexity index is 915. The number of allylic oxidation sites excluding steroid dienone is 1. The Morgan fingerprint density at radius 2 is 2.04 bits per heavy atom. The van der Waals surface area contributed by atoms with E-state index in [4.69, 9.17) is 0 Å². The van der Waals surface area contributed by atoms with Gasteiger partial charge >= 0.3 is 0 Å². The zero-order valence-corrected chi connectivity index (χ0v) is 16.2. The van der Waals surface area contributed by atoms with Gasteiger partial charge in [0.05, 0.1) is 11.9 Å². The molecule has 3 aromatic rings. The zero-order valence-electron chi connectivity index (χ0n) is 15.4. The molecule has 2 aromatic heterocycles. The first-order valence-corrected chi connectivity index (χ1v) is 9.64. The Kier molecular flexibility index (Phi) is 6.08. The number of benzene rings is 1. The Balaban J connectivity index is 1.70. The highest BCUT2D eigenvalue weighted by atomic mass is 32.2. The highest BCUT2D eigenvalue weighted by Crippen LogP contribution is 2.24. The van der Waals surface area contributed by atoms with E-state index in [0.717, 1.165) is 11.4 Å². The molecule has 27 heavy (non-hydrogen) atoms. The number of carbonyl (C=O) groups excluding carboxylic acids is 1. The molecule has 1 aromatic carbocycles. The minimum Gasteiger partial charge on any atom is -0.310 e. The van der Waals surface area contributed by atoms with Gasteiger partial charge < -0.3 is 5.32 Å². The molecule has 0 fully saturated rings. The maximum atomic E-state index is 12.4. The first-order valence-electron chi connectivity index (χ1n) is 8.66. The van der Waals surface area contributed by atoms with Crippen LogP contribution in [0.4, 0.5) is 5.82 Å². The molecule has 0 aliphatic heterocycles. The Morgan fingerprint density at radius 1 is 1.26 bits per heavy atom. The number of thioether (sulfide) groups is 1. The molecule has 3 rings (SSSR count). The predicted molar refractivity (Wildman–Crippen MR) is 108 cm³/mol. The molecule has 0 bridgehead atoms. The van der Waals surface area contributed by atoms with E-state index in [1.807, 2.05) is 48.7 Å². The first-order chi connectivity index (χ1) is 13.1. The van der Waals surface area contributed by atoms with Crippen molar-refractivity contribution in [2.24, 2.45) is 0 Å². The van der Waals surface area contributed by atoms with Gasteiger partial charge in [-0.2, -0.15) is 5.10 Å². The SMILES string of the molecule is C=CCn1c(SCC(=O)Nc2ccnn2C(C)C)nnc1-c1ccccc1. The van der Waals surface area contributed by atoms with E-state index in [2.05, 4.69) is 27.2 Å². The predicted octanol–water partition coefficient (Wildman–Crippen LogP) is 3.64. The van der Waals surface area contributed by atoms with Crippen molar-refractivity contribution >= 4 is 23.5 Å². The van der Waals surface area contributed by atoms with Gasteiger partial charge in [-0.25, -0.2) is 4.68 Å². The van der Waals surface area contributed by atoms with E-state index < -0.39 is 0 Å². The number of amides is 1. The monoisotopic (exact) mass is 382 g/mol. The molecule has 140 valence electrons. The molecule has 7 nitrogen and oxygen atoms in total. The fourth-order valence-corrected chi connectivity index (χ4v) is 3.37. The molecule has 0 radical (unpaired) electrons. The molecule has 0 aliphatic rings. The number of nitrogens with zero attached hydrogens (tertiary/aromatic N) is 5. The van der Waals surface area contributed by atoms with Gasteiger partial charge in [0.1, 0.15) is 5.82 Å². The molecule has 0 aliphatic carbocycles. The third-order valence-electron chi connectivity index (χ3n) is 3.82. The molecule has 1 N–H and O–H groups in total. The smallest absolute Gasteiger partial charge is 0.235 e. The topological polar surface area (TPSA) is 77.6 Å². The Morgan fingerprint density at radius 3 is 2.74 bits per heavy atom. The van der Waals surface area contributed by atoms with Crippen LogP contribution in [0.3, 0.4) is 0 Å². The summed E-state index contributed by atoms with van der Waals surface area (Å²) in [6.45, 7) is 8.41. The number of hydrogen-bond donors (Lipinski definition) is 1. The maximum absolute atomic E-state index is 12.4. The second-order valence-electron chi connectivity index (χ2n) is 6.16. The van der Waals surface area contributed by atoms with Crippen LogP contribution >= 0.6 is 11.8 Å². The lowest BCUT2D eigenvalue weighted by molar-refractivity contribution is -0.113. The van der Waals surface area contributed by atoms with E-state index in [-0.39, 0.29) is 17.7 Å². The van der Waals surface area contributed by atoms with Gasteiger partial charge in [0.2, 0.25) is 5.91 Å². The zero-order chi connectivity index (χ0) is 19.2. The van der Waals surface area contributed by atoms with Crippen LogP contribution in [0, 0.1) is 0 Å². The summed E-state index contributed by atoms with van der Waals surface area (Å²) < 4.78 is 3.73. The van der Waals surface area contributed by atoms with Crippen LogP contribution < -0.4 is 5.32 Å². The second-order valence-corrected chi connectivity index (χ2v) is 7.11. The third-order valence-corrected chi connectivity index (χ3v) is 4.79. The normalized spacial score (nSPS) is 10.9. The lowest BCUT2D eigenvalue weighted by atomic mass is 10.2. The van der Waals surface area contributed by atoms with Crippen LogP contribution in [0.25, 0.3) is 11.4 Å². The molecule has 0 spiro atoms. The van der Waals surface area contributed by atoms with Gasteiger partial charge in [-0.1, -0.05) is 48.2 Å². The van der Waals surface area contributed by atoms with Gasteiger partial charge in [0, 0.05) is 24.2 Å². The lowest BCUT2D eigenvalue weighted by Gasteiger charge is -2.11. The number of rotatable bonds is 8. The molecule has 2 heterocycles. The van der Waals surface area contributed by atoms with Crippen molar-refractivity contribution in [3.8, 4) is 11.4 Å². The summed E-state index contributed by atoms with van der Waals surface area (Å²) >= 11 is 1.35.